The van der Waals surface area contributed by atoms with Crippen LogP contribution in [0, 0.1) is 6.92 Å². The van der Waals surface area contributed by atoms with Gasteiger partial charge in [-0.25, -0.2) is 0 Å². The van der Waals surface area contributed by atoms with Crippen LogP contribution in [0.4, 0.5) is 0 Å². The van der Waals surface area contributed by atoms with E-state index in [1.54, 1.807) is 6.07 Å². The molecule has 0 amide bonds. The lowest BCUT2D eigenvalue weighted by atomic mass is 10.2. The first kappa shape index (κ1) is 9.52. The summed E-state index contributed by atoms with van der Waals surface area (Å²) in [6.45, 7) is 2.01. The van der Waals surface area contributed by atoms with Crippen LogP contribution in [0.3, 0.4) is 0 Å². The lowest BCUT2D eigenvalue weighted by molar-refractivity contribution is 0.292. The van der Waals surface area contributed by atoms with Gasteiger partial charge in [0.05, 0.1) is 0 Å². The van der Waals surface area contributed by atoms with Crippen molar-refractivity contribution in [2.45, 2.75) is 6.92 Å². The van der Waals surface area contributed by atoms with Gasteiger partial charge < -0.3 is 14.7 Å². The molecule has 0 bridgehead atoms. The number of fused-ring (bicyclic) bond motifs is 1. The second-order valence-electron chi connectivity index (χ2n) is 3.05. The molecule has 5 heteroatoms. The minimum atomic E-state index is -1.75. The summed E-state index contributed by atoms with van der Waals surface area (Å²) in [5.41, 5.74) is 1.17. The lowest BCUT2D eigenvalue weighted by Gasteiger charge is -1.97. The average molecular weight is 208 g/mol. The van der Waals surface area contributed by atoms with Gasteiger partial charge in [-0.2, -0.15) is 0 Å². The minimum Gasteiger partial charge on any atom is -0.504 e. The summed E-state index contributed by atoms with van der Waals surface area (Å²) >= 11 is 1.39. The maximum Gasteiger partial charge on any atom is 0.708 e. The highest BCUT2D eigenvalue weighted by molar-refractivity contribution is 7.20. The Labute approximate surface area is 85.7 Å². The van der Waals surface area contributed by atoms with E-state index >= 15 is 0 Å². The van der Waals surface area contributed by atoms with Crippen LogP contribution in [-0.2, 0) is 0 Å². The van der Waals surface area contributed by atoms with Gasteiger partial charge in [-0.3, -0.25) is 0 Å². The zero-order valence-electron chi connectivity index (χ0n) is 7.60. The largest absolute Gasteiger partial charge is 0.708 e. The first-order chi connectivity index (χ1) is 6.65. The normalized spacial score (nSPS) is 10.5. The van der Waals surface area contributed by atoms with Crippen molar-refractivity contribution in [2.75, 3.05) is 0 Å². The van der Waals surface area contributed by atoms with Gasteiger partial charge in [-0.1, -0.05) is 17.7 Å². The molecule has 0 unspecified atom stereocenters. The molecule has 0 saturated carbocycles. The van der Waals surface area contributed by atoms with Gasteiger partial charge in [0.2, 0.25) is 0 Å². The number of rotatable bonds is 2. The molecule has 3 nitrogen and oxygen atoms in total. The summed E-state index contributed by atoms with van der Waals surface area (Å²) in [6.07, 6.45) is 0. The Bertz CT molecular complexity index is 452. The van der Waals surface area contributed by atoms with Crippen LogP contribution < -0.4 is 4.65 Å². The summed E-state index contributed by atoms with van der Waals surface area (Å²) in [5.74, 6) is 0. The molecule has 0 spiro atoms. The highest BCUT2D eigenvalue weighted by Gasteiger charge is 2.13. The Balaban J connectivity index is 2.41. The molecule has 0 saturated heterocycles. The monoisotopic (exact) mass is 208 g/mol. The number of thiophene rings is 1. The zero-order chi connectivity index (χ0) is 10.1. The molecule has 1 aromatic carbocycles. The Morgan fingerprint density at radius 3 is 2.79 bits per heavy atom. The molecule has 72 valence electrons. The molecule has 0 atom stereocenters. The highest BCUT2D eigenvalue weighted by atomic mass is 32.1. The van der Waals surface area contributed by atoms with Crippen molar-refractivity contribution >= 4 is 28.7 Å². The van der Waals surface area contributed by atoms with E-state index in [0.717, 1.165) is 10.1 Å². The second kappa shape index (κ2) is 3.61. The molecule has 0 aliphatic rings. The third kappa shape index (κ3) is 1.90. The molecule has 1 heterocycles. The minimum absolute atomic E-state index is 0.514. The molecule has 0 aliphatic heterocycles. The van der Waals surface area contributed by atoms with E-state index in [4.69, 9.17) is 14.7 Å². The Morgan fingerprint density at radius 2 is 2.07 bits per heavy atom. The van der Waals surface area contributed by atoms with Crippen LogP contribution >= 0.6 is 11.3 Å². The Kier molecular flexibility index (Phi) is 2.45. The van der Waals surface area contributed by atoms with Gasteiger partial charge in [0.1, 0.15) is 0 Å². The number of hydrogen-bond donors (Lipinski definition) is 2. The van der Waals surface area contributed by atoms with Crippen LogP contribution in [0.5, 0.6) is 5.06 Å². The van der Waals surface area contributed by atoms with Crippen molar-refractivity contribution in [2.24, 2.45) is 0 Å². The van der Waals surface area contributed by atoms with Crippen LogP contribution in [0.25, 0.3) is 10.1 Å². The first-order valence-electron chi connectivity index (χ1n) is 4.18. The van der Waals surface area contributed by atoms with E-state index in [1.165, 1.54) is 16.9 Å². The molecule has 2 aromatic rings. The van der Waals surface area contributed by atoms with Crippen LogP contribution in [0.15, 0.2) is 24.3 Å². The Morgan fingerprint density at radius 1 is 1.29 bits per heavy atom. The van der Waals surface area contributed by atoms with Gasteiger partial charge in [-0.05, 0) is 24.4 Å². The molecule has 0 radical (unpaired) electrons. The van der Waals surface area contributed by atoms with Gasteiger partial charge in [-0.15, -0.1) is 11.3 Å². The topological polar surface area (TPSA) is 49.7 Å². The smallest absolute Gasteiger partial charge is 0.504 e. The number of hydrogen-bond acceptors (Lipinski definition) is 4. The summed E-state index contributed by atoms with van der Waals surface area (Å²) in [6, 6.07) is 7.83. The molecule has 0 fully saturated rings. The number of benzene rings is 1. The molecule has 1 aromatic heterocycles. The van der Waals surface area contributed by atoms with Crippen LogP contribution in [-0.4, -0.2) is 17.4 Å². The fraction of sp³-hybridized carbons (Fsp3) is 0.111. The van der Waals surface area contributed by atoms with Crippen molar-refractivity contribution in [3.05, 3.63) is 29.8 Å². The fourth-order valence-corrected chi connectivity index (χ4v) is 2.21. The van der Waals surface area contributed by atoms with Gasteiger partial charge in [0, 0.05) is 4.70 Å². The predicted octanol–water partition coefficient (Wildman–Crippen LogP) is 1.56. The van der Waals surface area contributed by atoms with Crippen molar-refractivity contribution in [1.29, 1.82) is 0 Å². The maximum atomic E-state index is 8.63. The third-order valence-corrected chi connectivity index (χ3v) is 2.88. The summed E-state index contributed by atoms with van der Waals surface area (Å²) in [4.78, 5) is 0. The van der Waals surface area contributed by atoms with Crippen LogP contribution in [0.1, 0.15) is 5.56 Å². The Hall–Kier alpha value is -1.04. The third-order valence-electron chi connectivity index (χ3n) is 1.87. The van der Waals surface area contributed by atoms with Crippen LogP contribution in [0.2, 0.25) is 0 Å². The fourth-order valence-electron chi connectivity index (χ4n) is 1.30. The van der Waals surface area contributed by atoms with Crippen molar-refractivity contribution in [3.63, 3.8) is 0 Å². The molecule has 2 N–H and O–H groups in total. The molecule has 14 heavy (non-hydrogen) atoms. The van der Waals surface area contributed by atoms with E-state index in [2.05, 4.69) is 0 Å². The van der Waals surface area contributed by atoms with Crippen molar-refractivity contribution in [1.82, 2.24) is 0 Å². The summed E-state index contributed by atoms with van der Waals surface area (Å²) in [7, 11) is -1.75. The van der Waals surface area contributed by atoms with E-state index in [0.29, 0.717) is 5.06 Å². The van der Waals surface area contributed by atoms with E-state index in [1.807, 2.05) is 25.1 Å². The van der Waals surface area contributed by atoms with E-state index in [-0.39, 0.29) is 0 Å². The quantitative estimate of drug-likeness (QED) is 0.736. The molecule has 0 aliphatic carbocycles. The lowest BCUT2D eigenvalue weighted by Crippen LogP contribution is -2.19. The van der Waals surface area contributed by atoms with Gasteiger partial charge in [0.25, 0.3) is 0 Å². The van der Waals surface area contributed by atoms with Gasteiger partial charge >= 0.3 is 7.32 Å². The van der Waals surface area contributed by atoms with Gasteiger partial charge in [0.15, 0.2) is 5.06 Å². The van der Waals surface area contributed by atoms with E-state index in [9.17, 15) is 0 Å². The predicted molar refractivity (Wildman–Crippen MR) is 57.4 cm³/mol. The molecular formula is C9H9BO3S. The standard InChI is InChI=1S/C9H9BO3S/c1-6-2-3-8-7(4-6)5-9(14-8)13-10(11)12/h2-5,11-12H,1H3. The average Bonchev–Trinajstić information content (AvgIpc) is 2.44. The number of aryl methyl sites for hydroxylation is 1. The molecule has 2 rings (SSSR count). The zero-order valence-corrected chi connectivity index (χ0v) is 8.41. The van der Waals surface area contributed by atoms with Crippen molar-refractivity contribution < 1.29 is 14.7 Å². The maximum absolute atomic E-state index is 8.63. The SMILES string of the molecule is Cc1ccc2sc(OB(O)O)cc2c1. The van der Waals surface area contributed by atoms with E-state index < -0.39 is 7.32 Å². The summed E-state index contributed by atoms with van der Waals surface area (Å²) in [5, 5.41) is 18.8. The second-order valence-corrected chi connectivity index (χ2v) is 4.10. The molecular weight excluding hydrogens is 199 g/mol. The van der Waals surface area contributed by atoms with Crippen molar-refractivity contribution in [3.8, 4) is 5.06 Å². The highest BCUT2D eigenvalue weighted by Crippen LogP contribution is 2.32. The summed E-state index contributed by atoms with van der Waals surface area (Å²) < 4.78 is 5.84. The first-order valence-corrected chi connectivity index (χ1v) is 5.00.